The SMILES string of the molecule is Cc1c(Cl)cccc1S(=O)(=O)Nc1ccc2nc(S(C)(=O)=O)sc2c1. The van der Waals surface area contributed by atoms with E-state index < -0.39 is 19.9 Å². The van der Waals surface area contributed by atoms with Crippen LogP contribution >= 0.6 is 22.9 Å². The number of fused-ring (bicyclic) bond motifs is 1. The fourth-order valence-electron chi connectivity index (χ4n) is 2.21. The summed E-state index contributed by atoms with van der Waals surface area (Å²) in [4.78, 5) is 4.13. The van der Waals surface area contributed by atoms with E-state index in [1.807, 2.05) is 0 Å². The lowest BCUT2D eigenvalue weighted by Crippen LogP contribution is -2.14. The van der Waals surface area contributed by atoms with Gasteiger partial charge in [0.05, 0.1) is 20.8 Å². The van der Waals surface area contributed by atoms with Crippen molar-refractivity contribution in [3.63, 3.8) is 0 Å². The molecule has 0 aliphatic rings. The number of rotatable bonds is 4. The van der Waals surface area contributed by atoms with Crippen LogP contribution in [0.4, 0.5) is 5.69 Å². The van der Waals surface area contributed by atoms with Gasteiger partial charge in [0.15, 0.2) is 0 Å². The van der Waals surface area contributed by atoms with Crippen LogP contribution in [0.1, 0.15) is 5.56 Å². The van der Waals surface area contributed by atoms with Crippen molar-refractivity contribution in [1.82, 2.24) is 4.98 Å². The maximum Gasteiger partial charge on any atom is 0.262 e. The van der Waals surface area contributed by atoms with Gasteiger partial charge in [-0.25, -0.2) is 21.8 Å². The molecule has 3 rings (SSSR count). The normalized spacial score (nSPS) is 12.4. The first-order valence-corrected chi connectivity index (χ1v) is 11.5. The number of sulfone groups is 1. The minimum Gasteiger partial charge on any atom is -0.280 e. The Hall–Kier alpha value is -1.68. The molecule has 0 aliphatic heterocycles. The summed E-state index contributed by atoms with van der Waals surface area (Å²) in [7, 11) is -7.24. The monoisotopic (exact) mass is 416 g/mol. The summed E-state index contributed by atoms with van der Waals surface area (Å²) in [5.74, 6) is 0. The topological polar surface area (TPSA) is 93.2 Å². The van der Waals surface area contributed by atoms with Crippen molar-refractivity contribution in [1.29, 1.82) is 0 Å². The second-order valence-electron chi connectivity index (χ2n) is 5.40. The number of anilines is 1. The largest absolute Gasteiger partial charge is 0.280 e. The fraction of sp³-hybridized carbons (Fsp3) is 0.133. The summed E-state index contributed by atoms with van der Waals surface area (Å²) in [6, 6.07) is 9.31. The van der Waals surface area contributed by atoms with Crippen LogP contribution in [0.5, 0.6) is 0 Å². The van der Waals surface area contributed by atoms with E-state index in [0.717, 1.165) is 17.6 Å². The number of benzene rings is 2. The quantitative estimate of drug-likeness (QED) is 0.702. The Morgan fingerprint density at radius 2 is 1.84 bits per heavy atom. The standard InChI is InChI=1S/C15H13ClN2O4S3/c1-9-11(16)4-3-5-14(9)25(21,22)18-10-6-7-12-13(8-10)23-15(17-12)24(2,19)20/h3-8,18H,1-2H3. The van der Waals surface area contributed by atoms with Crippen molar-refractivity contribution in [2.45, 2.75) is 16.2 Å². The lowest BCUT2D eigenvalue weighted by molar-refractivity contribution is 0.599. The summed E-state index contributed by atoms with van der Waals surface area (Å²) in [6.07, 6.45) is 1.08. The van der Waals surface area contributed by atoms with Crippen LogP contribution in [0.3, 0.4) is 0 Å². The predicted octanol–water partition coefficient (Wildman–Crippen LogP) is 3.46. The molecule has 0 unspecified atom stereocenters. The number of halogens is 1. The van der Waals surface area contributed by atoms with E-state index in [2.05, 4.69) is 9.71 Å². The Labute approximate surface area is 154 Å². The molecular formula is C15H13ClN2O4S3. The van der Waals surface area contributed by atoms with E-state index in [9.17, 15) is 16.8 Å². The van der Waals surface area contributed by atoms with Crippen LogP contribution in [0.2, 0.25) is 5.02 Å². The average Bonchev–Trinajstić information content (AvgIpc) is 2.93. The summed E-state index contributed by atoms with van der Waals surface area (Å²) < 4.78 is 51.4. The van der Waals surface area contributed by atoms with Crippen LogP contribution in [-0.4, -0.2) is 28.1 Å². The maximum atomic E-state index is 12.6. The Morgan fingerprint density at radius 3 is 2.52 bits per heavy atom. The highest BCUT2D eigenvalue weighted by atomic mass is 35.5. The molecule has 0 atom stereocenters. The molecule has 0 fully saturated rings. The van der Waals surface area contributed by atoms with E-state index in [-0.39, 0.29) is 9.24 Å². The van der Waals surface area contributed by atoms with Crippen molar-refractivity contribution < 1.29 is 16.8 Å². The van der Waals surface area contributed by atoms with Crippen molar-refractivity contribution >= 4 is 58.7 Å². The van der Waals surface area contributed by atoms with Gasteiger partial charge < -0.3 is 0 Å². The molecule has 0 amide bonds. The van der Waals surface area contributed by atoms with Gasteiger partial charge in [-0.15, -0.1) is 11.3 Å². The minimum absolute atomic E-state index is 0.00630. The zero-order chi connectivity index (χ0) is 18.4. The Morgan fingerprint density at radius 1 is 1.12 bits per heavy atom. The molecule has 1 heterocycles. The van der Waals surface area contributed by atoms with Gasteiger partial charge in [0.25, 0.3) is 10.0 Å². The Kier molecular flexibility index (Phi) is 4.52. The van der Waals surface area contributed by atoms with E-state index in [1.165, 1.54) is 12.1 Å². The number of thiazole rings is 1. The number of sulfonamides is 1. The number of aromatic nitrogens is 1. The Balaban J connectivity index is 2.01. The third-order valence-electron chi connectivity index (χ3n) is 3.45. The van der Waals surface area contributed by atoms with Gasteiger partial charge in [-0.05, 0) is 42.8 Å². The van der Waals surface area contributed by atoms with Gasteiger partial charge in [-0.1, -0.05) is 17.7 Å². The van der Waals surface area contributed by atoms with Crippen molar-refractivity contribution in [2.24, 2.45) is 0 Å². The number of hydrogen-bond donors (Lipinski definition) is 1. The fourth-order valence-corrected chi connectivity index (χ4v) is 5.64. The molecule has 0 saturated carbocycles. The zero-order valence-electron chi connectivity index (χ0n) is 13.1. The van der Waals surface area contributed by atoms with Crippen LogP contribution < -0.4 is 4.72 Å². The second kappa shape index (κ2) is 6.24. The highest BCUT2D eigenvalue weighted by molar-refractivity contribution is 7.93. The van der Waals surface area contributed by atoms with Gasteiger partial charge in [-0.3, -0.25) is 4.72 Å². The maximum absolute atomic E-state index is 12.6. The van der Waals surface area contributed by atoms with E-state index in [0.29, 0.717) is 26.5 Å². The molecule has 0 bridgehead atoms. The average molecular weight is 417 g/mol. The molecule has 0 aliphatic carbocycles. The van der Waals surface area contributed by atoms with E-state index in [1.54, 1.807) is 31.2 Å². The second-order valence-corrected chi connectivity index (χ2v) is 10.7. The van der Waals surface area contributed by atoms with Crippen molar-refractivity contribution in [3.8, 4) is 0 Å². The van der Waals surface area contributed by atoms with Gasteiger partial charge in [0.1, 0.15) is 0 Å². The molecule has 6 nitrogen and oxygen atoms in total. The molecule has 25 heavy (non-hydrogen) atoms. The lowest BCUT2D eigenvalue weighted by Gasteiger charge is -2.11. The van der Waals surface area contributed by atoms with Gasteiger partial charge in [0, 0.05) is 11.3 Å². The molecular weight excluding hydrogens is 404 g/mol. The van der Waals surface area contributed by atoms with Crippen LogP contribution in [0, 0.1) is 6.92 Å². The minimum atomic E-state index is -3.83. The first-order valence-electron chi connectivity index (χ1n) is 6.96. The third kappa shape index (κ3) is 3.64. The first kappa shape index (κ1) is 18.1. The number of hydrogen-bond acceptors (Lipinski definition) is 6. The predicted molar refractivity (Wildman–Crippen MR) is 99.7 cm³/mol. The van der Waals surface area contributed by atoms with E-state index >= 15 is 0 Å². The summed E-state index contributed by atoms with van der Waals surface area (Å²) >= 11 is 6.98. The third-order valence-corrected chi connectivity index (χ3v) is 8.08. The number of nitrogens with one attached hydrogen (secondary N) is 1. The van der Waals surface area contributed by atoms with Crippen molar-refractivity contribution in [2.75, 3.05) is 11.0 Å². The molecule has 3 aromatic rings. The Bertz CT molecular complexity index is 1180. The lowest BCUT2D eigenvalue weighted by atomic mass is 10.2. The molecule has 0 radical (unpaired) electrons. The molecule has 10 heteroatoms. The molecule has 2 aromatic carbocycles. The zero-order valence-corrected chi connectivity index (χ0v) is 16.4. The first-order chi connectivity index (χ1) is 11.6. The number of nitrogens with zero attached hydrogens (tertiary/aromatic N) is 1. The van der Waals surface area contributed by atoms with E-state index in [4.69, 9.17) is 11.6 Å². The molecule has 0 spiro atoms. The highest BCUT2D eigenvalue weighted by Gasteiger charge is 2.19. The van der Waals surface area contributed by atoms with Crippen molar-refractivity contribution in [3.05, 3.63) is 47.0 Å². The van der Waals surface area contributed by atoms with Gasteiger partial charge >= 0.3 is 0 Å². The van der Waals surface area contributed by atoms with Gasteiger partial charge in [0.2, 0.25) is 14.2 Å². The highest BCUT2D eigenvalue weighted by Crippen LogP contribution is 2.30. The molecule has 0 saturated heterocycles. The molecule has 1 aromatic heterocycles. The summed E-state index contributed by atoms with van der Waals surface area (Å²) in [5, 5.41) is 0.360. The summed E-state index contributed by atoms with van der Waals surface area (Å²) in [5.41, 5.74) is 1.26. The van der Waals surface area contributed by atoms with Crippen LogP contribution in [0.25, 0.3) is 10.2 Å². The van der Waals surface area contributed by atoms with Crippen LogP contribution in [0.15, 0.2) is 45.6 Å². The molecule has 1 N–H and O–H groups in total. The molecule has 132 valence electrons. The smallest absolute Gasteiger partial charge is 0.262 e. The van der Waals surface area contributed by atoms with Gasteiger partial charge in [-0.2, -0.15) is 0 Å². The van der Waals surface area contributed by atoms with Crippen LogP contribution in [-0.2, 0) is 19.9 Å². The summed E-state index contributed by atoms with van der Waals surface area (Å²) in [6.45, 7) is 1.63.